The van der Waals surface area contributed by atoms with Gasteiger partial charge in [-0.2, -0.15) is 0 Å². The van der Waals surface area contributed by atoms with Crippen molar-refractivity contribution in [3.8, 4) is 5.75 Å². The lowest BCUT2D eigenvalue weighted by atomic mass is 10.3. The molecule has 0 saturated heterocycles. The first-order chi connectivity index (χ1) is 9.08. The molecular weight excluding hydrogens is 273 g/mol. The van der Waals surface area contributed by atoms with Gasteiger partial charge >= 0.3 is 0 Å². The number of ether oxygens (including phenoxy) is 1. The highest BCUT2D eigenvalue weighted by Gasteiger charge is 2.13. The third-order valence-corrected chi connectivity index (χ3v) is 2.61. The van der Waals surface area contributed by atoms with Gasteiger partial charge in [0.05, 0.1) is 11.6 Å². The van der Waals surface area contributed by atoms with Crippen LogP contribution in [0.2, 0.25) is 5.02 Å². The highest BCUT2D eigenvalue weighted by atomic mass is 35.5. The van der Waals surface area contributed by atoms with E-state index in [4.69, 9.17) is 21.4 Å². The first-order valence-electron chi connectivity index (χ1n) is 5.66. The minimum Gasteiger partial charge on any atom is -0.482 e. The highest BCUT2D eigenvalue weighted by Crippen LogP contribution is 2.24. The number of benzene rings is 1. The predicted octanol–water partition coefficient (Wildman–Crippen LogP) is 1.86. The van der Waals surface area contributed by atoms with Crippen molar-refractivity contribution in [1.82, 2.24) is 4.90 Å². The van der Waals surface area contributed by atoms with Crippen LogP contribution in [0.25, 0.3) is 0 Å². The number of nitrogens with zero attached hydrogens (tertiary/aromatic N) is 1. The van der Waals surface area contributed by atoms with Crippen molar-refractivity contribution in [1.29, 1.82) is 0 Å². The Kier molecular flexibility index (Phi) is 6.32. The molecule has 0 spiro atoms. The van der Waals surface area contributed by atoms with E-state index in [9.17, 15) is 9.18 Å². The van der Waals surface area contributed by atoms with Crippen LogP contribution in [0.1, 0.15) is 0 Å². The molecule has 1 amide bonds. The van der Waals surface area contributed by atoms with Crippen molar-refractivity contribution in [2.24, 2.45) is 0 Å². The molecule has 0 fully saturated rings. The molecule has 1 aromatic rings. The summed E-state index contributed by atoms with van der Waals surface area (Å²) in [6, 6.07) is 3.66. The second kappa shape index (κ2) is 7.76. The van der Waals surface area contributed by atoms with Crippen molar-refractivity contribution < 1.29 is 19.0 Å². The number of halogens is 2. The average Bonchev–Trinajstić information content (AvgIpc) is 2.37. The predicted molar refractivity (Wildman–Crippen MR) is 70.8 cm³/mol. The Balaban J connectivity index is 2.59. The van der Waals surface area contributed by atoms with E-state index in [1.54, 1.807) is 6.08 Å². The summed E-state index contributed by atoms with van der Waals surface area (Å²) in [5.41, 5.74) is 0. The standard InChI is InChI=1S/C13H15ClFNO3/c1-2-5-16(6-7-17)13(18)9-19-12-4-3-10(15)8-11(12)14/h2-4,8,17H,1,5-7,9H2. The Labute approximate surface area is 116 Å². The van der Waals surface area contributed by atoms with Crippen molar-refractivity contribution in [2.75, 3.05) is 26.3 Å². The van der Waals surface area contributed by atoms with Gasteiger partial charge in [0.2, 0.25) is 0 Å². The SMILES string of the molecule is C=CCN(CCO)C(=O)COc1ccc(F)cc1Cl. The van der Waals surface area contributed by atoms with Gasteiger partial charge in [-0.1, -0.05) is 17.7 Å². The Morgan fingerprint density at radius 3 is 2.89 bits per heavy atom. The molecule has 1 rings (SSSR count). The summed E-state index contributed by atoms with van der Waals surface area (Å²) in [7, 11) is 0. The zero-order chi connectivity index (χ0) is 14.3. The maximum atomic E-state index is 12.8. The van der Waals surface area contributed by atoms with Crippen LogP contribution >= 0.6 is 11.6 Å². The molecule has 4 nitrogen and oxygen atoms in total. The smallest absolute Gasteiger partial charge is 0.260 e. The molecule has 0 unspecified atom stereocenters. The molecule has 6 heteroatoms. The van der Waals surface area contributed by atoms with Gasteiger partial charge in [0.25, 0.3) is 5.91 Å². The highest BCUT2D eigenvalue weighted by molar-refractivity contribution is 6.32. The van der Waals surface area contributed by atoms with Crippen LogP contribution in [0.4, 0.5) is 4.39 Å². The van der Waals surface area contributed by atoms with Gasteiger partial charge in [0.1, 0.15) is 11.6 Å². The fourth-order valence-electron chi connectivity index (χ4n) is 1.42. The van der Waals surface area contributed by atoms with Crippen molar-refractivity contribution in [3.63, 3.8) is 0 Å². The van der Waals surface area contributed by atoms with Crippen LogP contribution in [0.15, 0.2) is 30.9 Å². The van der Waals surface area contributed by atoms with E-state index in [-0.39, 0.29) is 36.4 Å². The third-order valence-electron chi connectivity index (χ3n) is 2.32. The quantitative estimate of drug-likeness (QED) is 0.779. The molecule has 0 aliphatic carbocycles. The van der Waals surface area contributed by atoms with Gasteiger partial charge in [-0.25, -0.2) is 4.39 Å². The monoisotopic (exact) mass is 287 g/mol. The largest absolute Gasteiger partial charge is 0.482 e. The van der Waals surface area contributed by atoms with Gasteiger partial charge in [-0.05, 0) is 18.2 Å². The van der Waals surface area contributed by atoms with E-state index >= 15 is 0 Å². The Morgan fingerprint density at radius 2 is 2.32 bits per heavy atom. The lowest BCUT2D eigenvalue weighted by Gasteiger charge is -2.20. The fourth-order valence-corrected chi connectivity index (χ4v) is 1.64. The second-order valence-electron chi connectivity index (χ2n) is 3.72. The van der Waals surface area contributed by atoms with Gasteiger partial charge in [0.15, 0.2) is 6.61 Å². The molecule has 0 radical (unpaired) electrons. The zero-order valence-electron chi connectivity index (χ0n) is 10.3. The third kappa shape index (κ3) is 4.89. The minimum atomic E-state index is -0.475. The number of aliphatic hydroxyl groups excluding tert-OH is 1. The van der Waals surface area contributed by atoms with Gasteiger partial charge in [0, 0.05) is 13.1 Å². The van der Waals surface area contributed by atoms with Crippen molar-refractivity contribution in [2.45, 2.75) is 0 Å². The molecule has 0 saturated carbocycles. The molecule has 1 aromatic carbocycles. The Morgan fingerprint density at radius 1 is 1.58 bits per heavy atom. The first kappa shape index (κ1) is 15.5. The summed E-state index contributed by atoms with van der Waals surface area (Å²) in [4.78, 5) is 13.2. The van der Waals surface area contributed by atoms with E-state index in [0.717, 1.165) is 6.07 Å². The van der Waals surface area contributed by atoms with Crippen molar-refractivity contribution in [3.05, 3.63) is 41.7 Å². The number of rotatable bonds is 7. The normalized spacial score (nSPS) is 10.1. The molecule has 19 heavy (non-hydrogen) atoms. The van der Waals surface area contributed by atoms with Gasteiger partial charge in [-0.15, -0.1) is 6.58 Å². The van der Waals surface area contributed by atoms with Crippen LogP contribution in [-0.4, -0.2) is 42.2 Å². The summed E-state index contributed by atoms with van der Waals surface area (Å²) in [5, 5.41) is 8.94. The number of aliphatic hydroxyl groups is 1. The maximum absolute atomic E-state index is 12.8. The number of carbonyl (C=O) groups excluding carboxylic acids is 1. The summed E-state index contributed by atoms with van der Waals surface area (Å²) >= 11 is 5.77. The lowest BCUT2D eigenvalue weighted by molar-refractivity contribution is -0.133. The van der Waals surface area contributed by atoms with Crippen LogP contribution in [0.5, 0.6) is 5.75 Å². The molecule has 0 atom stereocenters. The molecule has 1 N–H and O–H groups in total. The molecule has 0 heterocycles. The van der Waals surface area contributed by atoms with E-state index in [1.807, 2.05) is 0 Å². The van der Waals surface area contributed by atoms with E-state index < -0.39 is 5.82 Å². The number of hydrogen-bond acceptors (Lipinski definition) is 3. The lowest BCUT2D eigenvalue weighted by Crippen LogP contribution is -2.37. The molecule has 104 valence electrons. The zero-order valence-corrected chi connectivity index (χ0v) is 11.1. The molecule has 0 bridgehead atoms. The van der Waals surface area contributed by atoms with Crippen LogP contribution in [0, 0.1) is 5.82 Å². The molecule has 0 aromatic heterocycles. The first-order valence-corrected chi connectivity index (χ1v) is 6.03. The maximum Gasteiger partial charge on any atom is 0.260 e. The molecular formula is C13H15ClFNO3. The van der Waals surface area contributed by atoms with E-state index in [2.05, 4.69) is 6.58 Å². The van der Waals surface area contributed by atoms with E-state index in [1.165, 1.54) is 17.0 Å². The second-order valence-corrected chi connectivity index (χ2v) is 4.12. The molecule has 0 aliphatic rings. The Hall–Kier alpha value is -1.59. The number of amides is 1. The summed E-state index contributed by atoms with van der Waals surface area (Å²) in [5.74, 6) is -0.550. The van der Waals surface area contributed by atoms with Crippen LogP contribution in [0.3, 0.4) is 0 Å². The average molecular weight is 288 g/mol. The van der Waals surface area contributed by atoms with Crippen LogP contribution in [-0.2, 0) is 4.79 Å². The summed E-state index contributed by atoms with van der Waals surface area (Å²) in [6.07, 6.45) is 1.55. The van der Waals surface area contributed by atoms with Crippen molar-refractivity contribution >= 4 is 17.5 Å². The number of carbonyl (C=O) groups is 1. The fraction of sp³-hybridized carbons (Fsp3) is 0.308. The summed E-state index contributed by atoms with van der Waals surface area (Å²) < 4.78 is 18.0. The molecule has 0 aliphatic heterocycles. The minimum absolute atomic E-state index is 0.102. The topological polar surface area (TPSA) is 49.8 Å². The van der Waals surface area contributed by atoms with Crippen LogP contribution < -0.4 is 4.74 Å². The Bertz CT molecular complexity index is 454. The number of hydrogen-bond donors (Lipinski definition) is 1. The summed E-state index contributed by atoms with van der Waals surface area (Å²) in [6.45, 7) is 3.67. The van der Waals surface area contributed by atoms with E-state index in [0.29, 0.717) is 6.54 Å². The van der Waals surface area contributed by atoms with Gasteiger partial charge < -0.3 is 14.7 Å². The van der Waals surface area contributed by atoms with Gasteiger partial charge in [-0.3, -0.25) is 4.79 Å².